The van der Waals surface area contributed by atoms with Gasteiger partial charge in [0.25, 0.3) is 0 Å². The molecule has 0 saturated carbocycles. The van der Waals surface area contributed by atoms with Crippen LogP contribution < -0.4 is 10.5 Å². The van der Waals surface area contributed by atoms with E-state index in [4.69, 9.17) is 9.88 Å². The lowest BCUT2D eigenvalue weighted by Crippen LogP contribution is -2.44. The summed E-state index contributed by atoms with van der Waals surface area (Å²) in [5.74, 6) is 0.0570. The van der Waals surface area contributed by atoms with Crippen LogP contribution in [0.4, 0.5) is 0 Å². The number of hydrogen-bond donors (Lipinski definition) is 4. The summed E-state index contributed by atoms with van der Waals surface area (Å²) in [4.78, 5) is 21.4. The Morgan fingerprint density at radius 3 is 2.77 bits per heavy atom. The third-order valence-electron chi connectivity index (χ3n) is 5.03. The summed E-state index contributed by atoms with van der Waals surface area (Å²) in [7, 11) is 1.32. The molecular weight excluding hydrogens is 436 g/mol. The van der Waals surface area contributed by atoms with Crippen molar-refractivity contribution in [1.82, 2.24) is 35.9 Å². The van der Waals surface area contributed by atoms with E-state index in [0.29, 0.717) is 16.6 Å². The van der Waals surface area contributed by atoms with Crippen LogP contribution in [0, 0.1) is 0 Å². The third kappa shape index (κ3) is 3.57. The molecule has 3 heterocycles. The molecule has 0 amide bonds. The molecule has 4 aromatic rings. The van der Waals surface area contributed by atoms with Crippen molar-refractivity contribution in [2.45, 2.75) is 15.0 Å². The Labute approximate surface area is 185 Å². The van der Waals surface area contributed by atoms with Crippen molar-refractivity contribution in [1.29, 1.82) is 0 Å². The molecule has 1 aliphatic heterocycles. The van der Waals surface area contributed by atoms with Crippen molar-refractivity contribution in [2.75, 3.05) is 20.2 Å². The lowest BCUT2D eigenvalue weighted by Gasteiger charge is -2.27. The second kappa shape index (κ2) is 8.30. The molecule has 10 nitrogen and oxygen atoms in total. The first-order valence-corrected chi connectivity index (χ1v) is 11.2. The van der Waals surface area contributed by atoms with Crippen LogP contribution in [0.3, 0.4) is 0 Å². The van der Waals surface area contributed by atoms with Gasteiger partial charge in [-0.3, -0.25) is 5.14 Å². The molecule has 2 aromatic heterocycles. The number of benzene rings is 2. The van der Waals surface area contributed by atoms with Crippen LogP contribution in [-0.4, -0.2) is 62.0 Å². The number of carbonyl (C=O) groups excluding carboxylic acids is 1. The number of nitrogens with one attached hydrogen (secondary N) is 3. The van der Waals surface area contributed by atoms with E-state index in [0.717, 1.165) is 57.0 Å². The minimum absolute atomic E-state index is 0.143. The molecule has 1 saturated heterocycles. The number of carbonyl (C=O) groups is 1. The highest BCUT2D eigenvalue weighted by Gasteiger charge is 2.25. The molecule has 5 rings (SSSR count). The van der Waals surface area contributed by atoms with Crippen molar-refractivity contribution in [2.24, 2.45) is 5.14 Å². The van der Waals surface area contributed by atoms with E-state index in [1.165, 1.54) is 7.11 Å². The Morgan fingerprint density at radius 1 is 1.23 bits per heavy atom. The Morgan fingerprint density at radius 2 is 2.10 bits per heavy atom. The first-order valence-electron chi connectivity index (χ1n) is 9.42. The number of aromatic nitrogens is 6. The Kier molecular flexibility index (Phi) is 5.36. The number of methoxy groups -OCH3 is 1. The van der Waals surface area contributed by atoms with Crippen LogP contribution in [0.25, 0.3) is 33.5 Å². The van der Waals surface area contributed by atoms with Gasteiger partial charge >= 0.3 is 5.97 Å². The molecule has 0 bridgehead atoms. The summed E-state index contributed by atoms with van der Waals surface area (Å²) < 4.78 is 4.81. The zero-order valence-corrected chi connectivity index (χ0v) is 18.0. The van der Waals surface area contributed by atoms with Crippen molar-refractivity contribution in [3.8, 4) is 22.5 Å². The Bertz CT molecular complexity index is 1250. The van der Waals surface area contributed by atoms with Gasteiger partial charge in [0.05, 0.1) is 18.1 Å². The fourth-order valence-electron chi connectivity index (χ4n) is 3.46. The van der Waals surface area contributed by atoms with Crippen molar-refractivity contribution in [3.05, 3.63) is 36.2 Å². The van der Waals surface area contributed by atoms with Crippen LogP contribution >= 0.6 is 23.7 Å². The summed E-state index contributed by atoms with van der Waals surface area (Å²) >= 11 is 2.94. The van der Waals surface area contributed by atoms with Crippen LogP contribution in [0.1, 0.15) is 10.6 Å². The van der Waals surface area contributed by atoms with Crippen LogP contribution in [-0.2, 0) is 4.74 Å². The number of H-pyrrole nitrogens is 2. The number of esters is 1. The molecule has 0 unspecified atom stereocenters. The predicted molar refractivity (Wildman–Crippen MR) is 119 cm³/mol. The second-order valence-electron chi connectivity index (χ2n) is 6.85. The predicted octanol–water partition coefficient (Wildman–Crippen LogP) is 2.23. The SMILES string of the molecule is COC(=O)c1nc2c(-c3ccc(SC4CNC4)c(SN)c3-c3nn[nH]n3)cccc2[nH]1. The van der Waals surface area contributed by atoms with E-state index in [-0.39, 0.29) is 5.82 Å². The van der Waals surface area contributed by atoms with Crippen molar-refractivity contribution >= 4 is 40.7 Å². The number of rotatable bonds is 6. The fraction of sp³-hybridized carbons (Fsp3) is 0.211. The molecule has 0 aliphatic carbocycles. The highest BCUT2D eigenvalue weighted by molar-refractivity contribution is 8.02. The van der Waals surface area contributed by atoms with Crippen molar-refractivity contribution < 1.29 is 9.53 Å². The number of thioether (sulfide) groups is 1. The molecule has 0 spiro atoms. The van der Waals surface area contributed by atoms with Gasteiger partial charge in [0.15, 0.2) is 0 Å². The number of ether oxygens (including phenoxy) is 1. The Balaban J connectivity index is 1.72. The molecule has 158 valence electrons. The van der Waals surface area contributed by atoms with Gasteiger partial charge in [0, 0.05) is 39.3 Å². The molecule has 12 heteroatoms. The van der Waals surface area contributed by atoms with Gasteiger partial charge in [0.1, 0.15) is 0 Å². The minimum Gasteiger partial charge on any atom is -0.463 e. The average Bonchev–Trinajstić information content (AvgIpc) is 3.44. The summed E-state index contributed by atoms with van der Waals surface area (Å²) in [6, 6.07) is 9.77. The van der Waals surface area contributed by atoms with Gasteiger partial charge in [-0.15, -0.1) is 22.0 Å². The molecule has 0 radical (unpaired) electrons. The highest BCUT2D eigenvalue weighted by Crippen LogP contribution is 2.44. The lowest BCUT2D eigenvalue weighted by atomic mass is 9.98. The average molecular weight is 455 g/mol. The number of hydrogen-bond acceptors (Lipinski definition) is 10. The first kappa shape index (κ1) is 20.0. The largest absolute Gasteiger partial charge is 0.463 e. The molecule has 31 heavy (non-hydrogen) atoms. The van der Waals surface area contributed by atoms with Crippen molar-refractivity contribution in [3.63, 3.8) is 0 Å². The van der Waals surface area contributed by atoms with E-state index >= 15 is 0 Å². The van der Waals surface area contributed by atoms with E-state index in [1.807, 2.05) is 24.3 Å². The van der Waals surface area contributed by atoms with Gasteiger partial charge in [-0.25, -0.2) is 9.78 Å². The van der Waals surface area contributed by atoms with Crippen LogP contribution in [0.5, 0.6) is 0 Å². The third-order valence-corrected chi connectivity index (χ3v) is 7.08. The van der Waals surface area contributed by atoms with E-state index < -0.39 is 5.97 Å². The fourth-order valence-corrected chi connectivity index (χ4v) is 5.36. The number of fused-ring (bicyclic) bond motifs is 1. The quantitative estimate of drug-likeness (QED) is 0.252. The number of tetrazole rings is 1. The molecule has 0 atom stereocenters. The van der Waals surface area contributed by atoms with Gasteiger partial charge < -0.3 is 15.0 Å². The van der Waals surface area contributed by atoms with E-state index in [1.54, 1.807) is 11.8 Å². The van der Waals surface area contributed by atoms with Gasteiger partial charge in [-0.05, 0) is 34.9 Å². The zero-order valence-electron chi connectivity index (χ0n) is 16.4. The molecule has 5 N–H and O–H groups in total. The Hall–Kier alpha value is -2.93. The first-order chi connectivity index (χ1) is 15.2. The molecule has 1 fully saturated rings. The normalized spacial score (nSPS) is 14.0. The maximum atomic E-state index is 12.0. The molecule has 1 aliphatic rings. The number of aromatic amines is 2. The number of imidazole rings is 1. The number of nitrogens with zero attached hydrogens (tertiary/aromatic N) is 4. The second-order valence-corrected chi connectivity index (χ2v) is 8.83. The topological polar surface area (TPSA) is 147 Å². The summed E-state index contributed by atoms with van der Waals surface area (Å²) in [6.07, 6.45) is 0. The van der Waals surface area contributed by atoms with E-state index in [9.17, 15) is 4.79 Å². The van der Waals surface area contributed by atoms with Crippen LogP contribution in [0.2, 0.25) is 0 Å². The highest BCUT2D eigenvalue weighted by atomic mass is 32.2. The molecule has 2 aromatic carbocycles. The summed E-state index contributed by atoms with van der Waals surface area (Å²) in [5.41, 5.74) is 3.80. The molecular formula is C19H18N8O2S2. The van der Waals surface area contributed by atoms with Gasteiger partial charge in [0.2, 0.25) is 11.6 Å². The smallest absolute Gasteiger partial charge is 0.374 e. The van der Waals surface area contributed by atoms with E-state index in [2.05, 4.69) is 42.0 Å². The summed E-state index contributed by atoms with van der Waals surface area (Å²) in [6.45, 7) is 1.92. The number of nitrogens with two attached hydrogens (primary N) is 1. The zero-order chi connectivity index (χ0) is 21.4. The van der Waals surface area contributed by atoms with Gasteiger partial charge in [-0.2, -0.15) is 5.21 Å². The standard InChI is InChI=1S/C19H18N8O2S2/c1-29-19(28)18-22-12-4-2-3-11(15(12)23-18)10-5-6-13(30-9-7-21-8-9)16(31-20)14(10)17-24-26-27-25-17/h2-6,9,21H,7-8,20H2,1H3,(H,22,23)(H,24,25,26,27). The van der Waals surface area contributed by atoms with Crippen LogP contribution in [0.15, 0.2) is 40.1 Å². The minimum atomic E-state index is -0.528. The lowest BCUT2D eigenvalue weighted by molar-refractivity contribution is 0.0588. The maximum absolute atomic E-state index is 12.0. The summed E-state index contributed by atoms with van der Waals surface area (Å²) in [5, 5.41) is 24.6. The number of para-hydroxylation sites is 1. The maximum Gasteiger partial charge on any atom is 0.374 e. The van der Waals surface area contributed by atoms with Gasteiger partial charge in [-0.1, -0.05) is 18.2 Å². The monoisotopic (exact) mass is 454 g/mol.